The van der Waals surface area contributed by atoms with Gasteiger partial charge < -0.3 is 15.8 Å². The van der Waals surface area contributed by atoms with Crippen LogP contribution in [0.25, 0.3) is 0 Å². The number of hydrogen-bond acceptors (Lipinski definition) is 3. The molecule has 0 bridgehead atoms. The highest BCUT2D eigenvalue weighted by Crippen LogP contribution is 2.20. The largest absolute Gasteiger partial charge is 0.494 e. The van der Waals surface area contributed by atoms with Crippen molar-refractivity contribution in [1.29, 1.82) is 0 Å². The molecule has 1 aromatic carbocycles. The van der Waals surface area contributed by atoms with Crippen LogP contribution in [0.4, 0.5) is 5.69 Å². The van der Waals surface area contributed by atoms with E-state index >= 15 is 0 Å². The summed E-state index contributed by atoms with van der Waals surface area (Å²) in [5.74, 6) is 0.493. The van der Waals surface area contributed by atoms with Gasteiger partial charge in [0, 0.05) is 22.9 Å². The molecule has 0 aliphatic rings. The molecule has 0 radical (unpaired) electrons. The first-order valence-electron chi connectivity index (χ1n) is 6.24. The Labute approximate surface area is 109 Å². The lowest BCUT2D eigenvalue weighted by molar-refractivity contribution is 0.0911. The lowest BCUT2D eigenvalue weighted by Gasteiger charge is -2.24. The predicted octanol–water partition coefficient (Wildman–Crippen LogP) is 2.59. The van der Waals surface area contributed by atoms with Crippen LogP contribution in [0.5, 0.6) is 5.75 Å². The average molecular weight is 250 g/mol. The molecule has 1 amide bonds. The van der Waals surface area contributed by atoms with E-state index in [1.165, 1.54) is 0 Å². The lowest BCUT2D eigenvalue weighted by Crippen LogP contribution is -2.42. The van der Waals surface area contributed by atoms with E-state index in [-0.39, 0.29) is 11.4 Å². The fourth-order valence-corrected chi connectivity index (χ4v) is 1.47. The minimum atomic E-state index is -0.229. The van der Waals surface area contributed by atoms with Gasteiger partial charge in [-0.05, 0) is 39.3 Å². The van der Waals surface area contributed by atoms with E-state index in [4.69, 9.17) is 10.5 Å². The second-order valence-electron chi connectivity index (χ2n) is 4.92. The number of benzene rings is 1. The van der Waals surface area contributed by atoms with Crippen LogP contribution < -0.4 is 15.8 Å². The Balaban J connectivity index is 2.92. The highest BCUT2D eigenvalue weighted by molar-refractivity contribution is 5.96. The van der Waals surface area contributed by atoms with Gasteiger partial charge in [-0.3, -0.25) is 4.79 Å². The minimum absolute atomic E-state index is 0.130. The van der Waals surface area contributed by atoms with Crippen molar-refractivity contribution in [2.24, 2.45) is 0 Å². The van der Waals surface area contributed by atoms with Gasteiger partial charge >= 0.3 is 0 Å². The van der Waals surface area contributed by atoms with Crippen LogP contribution in [0.2, 0.25) is 0 Å². The van der Waals surface area contributed by atoms with Gasteiger partial charge in [-0.25, -0.2) is 0 Å². The highest BCUT2D eigenvalue weighted by atomic mass is 16.5. The fraction of sp³-hybridized carbons (Fsp3) is 0.500. The Kier molecular flexibility index (Phi) is 4.59. The molecule has 0 saturated carbocycles. The van der Waals surface area contributed by atoms with Gasteiger partial charge in [-0.2, -0.15) is 0 Å². The third kappa shape index (κ3) is 3.95. The Morgan fingerprint density at radius 2 is 2.00 bits per heavy atom. The number of ether oxygens (including phenoxy) is 1. The summed E-state index contributed by atoms with van der Waals surface area (Å²) in [6.07, 6.45) is 0.860. The smallest absolute Gasteiger partial charge is 0.251 e. The second kappa shape index (κ2) is 5.76. The van der Waals surface area contributed by atoms with Crippen LogP contribution in [0.15, 0.2) is 18.2 Å². The molecule has 1 rings (SSSR count). The zero-order chi connectivity index (χ0) is 13.8. The monoisotopic (exact) mass is 250 g/mol. The van der Waals surface area contributed by atoms with Crippen molar-refractivity contribution in [2.75, 3.05) is 12.3 Å². The maximum Gasteiger partial charge on any atom is 0.251 e. The molecule has 0 atom stereocenters. The van der Waals surface area contributed by atoms with E-state index in [0.717, 1.165) is 6.42 Å². The third-order valence-electron chi connectivity index (χ3n) is 2.84. The zero-order valence-electron chi connectivity index (χ0n) is 11.5. The quantitative estimate of drug-likeness (QED) is 0.789. The number of amides is 1. The number of hydrogen-bond donors (Lipinski definition) is 2. The first kappa shape index (κ1) is 14.4. The maximum atomic E-state index is 12.1. The molecule has 0 fully saturated rings. The van der Waals surface area contributed by atoms with Gasteiger partial charge in [0.2, 0.25) is 0 Å². The summed E-state index contributed by atoms with van der Waals surface area (Å²) in [6, 6.07) is 5.08. The summed E-state index contributed by atoms with van der Waals surface area (Å²) in [5.41, 5.74) is 6.59. The summed E-state index contributed by atoms with van der Waals surface area (Å²) in [6.45, 7) is 8.45. The molecule has 4 heteroatoms. The average Bonchev–Trinajstić information content (AvgIpc) is 2.28. The zero-order valence-corrected chi connectivity index (χ0v) is 11.5. The van der Waals surface area contributed by atoms with E-state index in [1.54, 1.807) is 18.2 Å². The van der Waals surface area contributed by atoms with E-state index < -0.39 is 0 Å². The molecular formula is C14H22N2O2. The van der Waals surface area contributed by atoms with E-state index in [0.29, 0.717) is 23.6 Å². The Bertz CT molecular complexity index is 428. The number of carbonyl (C=O) groups is 1. The topological polar surface area (TPSA) is 64.3 Å². The van der Waals surface area contributed by atoms with Crippen LogP contribution in [-0.2, 0) is 0 Å². The van der Waals surface area contributed by atoms with E-state index in [1.807, 2.05) is 27.7 Å². The summed E-state index contributed by atoms with van der Waals surface area (Å²) >= 11 is 0. The number of nitrogens with one attached hydrogen (secondary N) is 1. The Hall–Kier alpha value is -1.71. The van der Waals surface area contributed by atoms with Gasteiger partial charge in [-0.15, -0.1) is 0 Å². The predicted molar refractivity (Wildman–Crippen MR) is 73.9 cm³/mol. The van der Waals surface area contributed by atoms with Crippen LogP contribution >= 0.6 is 0 Å². The van der Waals surface area contributed by atoms with Crippen molar-refractivity contribution in [1.82, 2.24) is 5.32 Å². The van der Waals surface area contributed by atoms with Gasteiger partial charge in [0.1, 0.15) is 5.75 Å². The van der Waals surface area contributed by atoms with Crippen molar-refractivity contribution < 1.29 is 9.53 Å². The van der Waals surface area contributed by atoms with Gasteiger partial charge in [0.25, 0.3) is 5.91 Å². The van der Waals surface area contributed by atoms with Gasteiger partial charge in [0.15, 0.2) is 0 Å². The van der Waals surface area contributed by atoms with Crippen molar-refractivity contribution >= 4 is 11.6 Å². The molecule has 1 aromatic rings. The molecular weight excluding hydrogens is 228 g/mol. The summed E-state index contributed by atoms with van der Waals surface area (Å²) < 4.78 is 5.37. The molecule has 0 spiro atoms. The molecule has 4 nitrogen and oxygen atoms in total. The fourth-order valence-electron chi connectivity index (χ4n) is 1.47. The number of rotatable bonds is 5. The summed E-state index contributed by atoms with van der Waals surface area (Å²) in [5, 5.41) is 2.97. The van der Waals surface area contributed by atoms with Crippen molar-refractivity contribution in [3.8, 4) is 5.75 Å². The van der Waals surface area contributed by atoms with Crippen molar-refractivity contribution in [3.05, 3.63) is 23.8 Å². The van der Waals surface area contributed by atoms with Crippen molar-refractivity contribution in [3.63, 3.8) is 0 Å². The molecule has 0 aromatic heterocycles. The standard InChI is InChI=1S/C14H22N2O2/c1-5-14(3,4)16-13(17)10-7-11(15)9-12(8-10)18-6-2/h7-9H,5-6,15H2,1-4H3,(H,16,17). The van der Waals surface area contributed by atoms with Crippen LogP contribution in [0.1, 0.15) is 44.5 Å². The molecule has 0 heterocycles. The van der Waals surface area contributed by atoms with Crippen LogP contribution in [0.3, 0.4) is 0 Å². The van der Waals surface area contributed by atoms with Crippen LogP contribution in [-0.4, -0.2) is 18.1 Å². The summed E-state index contributed by atoms with van der Waals surface area (Å²) in [7, 11) is 0. The maximum absolute atomic E-state index is 12.1. The lowest BCUT2D eigenvalue weighted by atomic mass is 10.0. The SMILES string of the molecule is CCOc1cc(N)cc(C(=O)NC(C)(C)CC)c1. The summed E-state index contributed by atoms with van der Waals surface area (Å²) in [4.78, 5) is 12.1. The normalized spacial score (nSPS) is 11.1. The molecule has 18 heavy (non-hydrogen) atoms. The molecule has 0 aliphatic carbocycles. The molecule has 0 unspecified atom stereocenters. The van der Waals surface area contributed by atoms with E-state index in [9.17, 15) is 4.79 Å². The van der Waals surface area contributed by atoms with Gasteiger partial charge in [0.05, 0.1) is 6.61 Å². The minimum Gasteiger partial charge on any atom is -0.494 e. The van der Waals surface area contributed by atoms with E-state index in [2.05, 4.69) is 5.32 Å². The van der Waals surface area contributed by atoms with Crippen molar-refractivity contribution in [2.45, 2.75) is 39.7 Å². The number of nitrogens with two attached hydrogens (primary N) is 1. The number of carbonyl (C=O) groups excluding carboxylic acids is 1. The second-order valence-corrected chi connectivity index (χ2v) is 4.92. The molecule has 0 aliphatic heterocycles. The first-order valence-corrected chi connectivity index (χ1v) is 6.24. The first-order chi connectivity index (χ1) is 8.38. The third-order valence-corrected chi connectivity index (χ3v) is 2.84. The Morgan fingerprint density at radius 3 is 2.56 bits per heavy atom. The number of anilines is 1. The molecule has 0 saturated heterocycles. The van der Waals surface area contributed by atoms with Crippen LogP contribution in [0, 0.1) is 0 Å². The Morgan fingerprint density at radius 1 is 1.33 bits per heavy atom. The van der Waals surface area contributed by atoms with Gasteiger partial charge in [-0.1, -0.05) is 6.92 Å². The molecule has 100 valence electrons. The highest BCUT2D eigenvalue weighted by Gasteiger charge is 2.19. The molecule has 3 N–H and O–H groups in total. The number of nitrogen functional groups attached to an aromatic ring is 1.